The standard InChI is InChI=1S/C18H17NO3/c1-11(18(21)22)19-17(20)10-16-14-8-4-2-6-12(14)13-7-3-5-9-15(13)16/h2-9,11,16H,10H2,1H3,(H,19,20)(H,21,22)/t11-/m0/s1. The van der Waals surface area contributed by atoms with Gasteiger partial charge >= 0.3 is 5.97 Å². The normalized spacial score (nSPS) is 14.0. The number of carbonyl (C=O) groups is 2. The lowest BCUT2D eigenvalue weighted by atomic mass is 9.93. The zero-order chi connectivity index (χ0) is 15.7. The molecular weight excluding hydrogens is 278 g/mol. The molecule has 4 heteroatoms. The fourth-order valence-corrected chi connectivity index (χ4v) is 3.03. The second-order valence-corrected chi connectivity index (χ2v) is 5.56. The Balaban J connectivity index is 1.88. The molecule has 3 rings (SSSR count). The zero-order valence-electron chi connectivity index (χ0n) is 12.2. The Morgan fingerprint density at radius 1 is 1.05 bits per heavy atom. The quantitative estimate of drug-likeness (QED) is 0.911. The molecule has 0 radical (unpaired) electrons. The van der Waals surface area contributed by atoms with Gasteiger partial charge in [0.15, 0.2) is 0 Å². The van der Waals surface area contributed by atoms with Gasteiger partial charge in [0.25, 0.3) is 0 Å². The largest absolute Gasteiger partial charge is 0.480 e. The maximum atomic E-state index is 12.2. The Hall–Kier alpha value is -2.62. The number of benzene rings is 2. The first kappa shape index (κ1) is 14.3. The van der Waals surface area contributed by atoms with Gasteiger partial charge in [-0.3, -0.25) is 9.59 Å². The highest BCUT2D eigenvalue weighted by atomic mass is 16.4. The van der Waals surface area contributed by atoms with Gasteiger partial charge in [0.2, 0.25) is 5.91 Å². The van der Waals surface area contributed by atoms with Crippen LogP contribution in [0.3, 0.4) is 0 Å². The van der Waals surface area contributed by atoms with E-state index < -0.39 is 12.0 Å². The van der Waals surface area contributed by atoms with Gasteiger partial charge in [0.1, 0.15) is 6.04 Å². The maximum absolute atomic E-state index is 12.2. The number of amides is 1. The molecule has 0 spiro atoms. The number of carboxylic acids is 1. The van der Waals surface area contributed by atoms with E-state index in [1.807, 2.05) is 36.4 Å². The van der Waals surface area contributed by atoms with Crippen LogP contribution in [-0.2, 0) is 9.59 Å². The predicted molar refractivity (Wildman–Crippen MR) is 83.6 cm³/mol. The first-order valence-corrected chi connectivity index (χ1v) is 7.28. The molecule has 2 aromatic carbocycles. The molecule has 0 heterocycles. The molecule has 0 fully saturated rings. The molecule has 1 atom stereocenters. The molecule has 22 heavy (non-hydrogen) atoms. The van der Waals surface area contributed by atoms with Gasteiger partial charge < -0.3 is 10.4 Å². The Kier molecular flexibility index (Phi) is 3.67. The highest BCUT2D eigenvalue weighted by Gasteiger charge is 2.30. The van der Waals surface area contributed by atoms with Crippen LogP contribution in [0.15, 0.2) is 48.5 Å². The fraction of sp³-hybridized carbons (Fsp3) is 0.222. The van der Waals surface area contributed by atoms with Gasteiger partial charge in [0, 0.05) is 12.3 Å². The summed E-state index contributed by atoms with van der Waals surface area (Å²) in [5.74, 6) is -1.29. The van der Waals surface area contributed by atoms with Crippen LogP contribution in [0, 0.1) is 0 Å². The minimum Gasteiger partial charge on any atom is -0.480 e. The van der Waals surface area contributed by atoms with Gasteiger partial charge in [0.05, 0.1) is 0 Å². The maximum Gasteiger partial charge on any atom is 0.325 e. The number of aliphatic carboxylic acids is 1. The van der Waals surface area contributed by atoms with Gasteiger partial charge in [-0.1, -0.05) is 48.5 Å². The van der Waals surface area contributed by atoms with Crippen molar-refractivity contribution < 1.29 is 14.7 Å². The smallest absolute Gasteiger partial charge is 0.325 e. The third kappa shape index (κ3) is 2.48. The number of nitrogens with one attached hydrogen (secondary N) is 1. The van der Waals surface area contributed by atoms with Crippen LogP contribution in [0.25, 0.3) is 11.1 Å². The molecule has 0 saturated carbocycles. The number of rotatable bonds is 4. The minimum absolute atomic E-state index is 0.0200. The van der Waals surface area contributed by atoms with Crippen LogP contribution in [0.4, 0.5) is 0 Å². The van der Waals surface area contributed by atoms with E-state index in [4.69, 9.17) is 5.11 Å². The van der Waals surface area contributed by atoms with Gasteiger partial charge in [-0.25, -0.2) is 0 Å². The summed E-state index contributed by atoms with van der Waals surface area (Å²) in [7, 11) is 0. The summed E-state index contributed by atoms with van der Waals surface area (Å²) in [5, 5.41) is 11.4. The third-order valence-electron chi connectivity index (χ3n) is 4.10. The number of hydrogen-bond acceptors (Lipinski definition) is 2. The van der Waals surface area contributed by atoms with Crippen LogP contribution in [-0.4, -0.2) is 23.0 Å². The Morgan fingerprint density at radius 2 is 1.55 bits per heavy atom. The molecule has 0 aliphatic heterocycles. The molecule has 1 amide bonds. The van der Waals surface area contributed by atoms with Crippen LogP contribution in [0.5, 0.6) is 0 Å². The summed E-state index contributed by atoms with van der Waals surface area (Å²) >= 11 is 0. The van der Waals surface area contributed by atoms with E-state index in [9.17, 15) is 9.59 Å². The summed E-state index contributed by atoms with van der Waals surface area (Å²) < 4.78 is 0. The monoisotopic (exact) mass is 295 g/mol. The molecule has 1 aliphatic carbocycles. The lowest BCUT2D eigenvalue weighted by Crippen LogP contribution is -2.38. The van der Waals surface area contributed by atoms with Crippen molar-refractivity contribution in [3.8, 4) is 11.1 Å². The summed E-state index contributed by atoms with van der Waals surface area (Å²) in [5.41, 5.74) is 4.56. The molecule has 2 aromatic rings. The van der Waals surface area contributed by atoms with Crippen LogP contribution < -0.4 is 5.32 Å². The summed E-state index contributed by atoms with van der Waals surface area (Å²) in [6.45, 7) is 1.47. The first-order valence-electron chi connectivity index (χ1n) is 7.28. The second kappa shape index (κ2) is 5.64. The molecule has 112 valence electrons. The molecule has 0 aromatic heterocycles. The average molecular weight is 295 g/mol. The Labute approximate surface area is 128 Å². The SMILES string of the molecule is C[C@H](NC(=O)CC1c2ccccc2-c2ccccc21)C(=O)O. The van der Waals surface area contributed by atoms with Crippen molar-refractivity contribution in [3.63, 3.8) is 0 Å². The van der Waals surface area contributed by atoms with Crippen LogP contribution >= 0.6 is 0 Å². The van der Waals surface area contributed by atoms with Gasteiger partial charge in [-0.15, -0.1) is 0 Å². The van der Waals surface area contributed by atoms with E-state index in [-0.39, 0.29) is 18.2 Å². The van der Waals surface area contributed by atoms with Gasteiger partial charge in [-0.2, -0.15) is 0 Å². The van der Waals surface area contributed by atoms with E-state index in [1.54, 1.807) is 0 Å². The molecule has 2 N–H and O–H groups in total. The molecule has 0 saturated heterocycles. The molecule has 4 nitrogen and oxygen atoms in total. The van der Waals surface area contributed by atoms with Crippen molar-refractivity contribution in [2.45, 2.75) is 25.3 Å². The summed E-state index contributed by atoms with van der Waals surface area (Å²) in [4.78, 5) is 23.0. The van der Waals surface area contributed by atoms with E-state index in [2.05, 4.69) is 17.4 Å². The van der Waals surface area contributed by atoms with Crippen molar-refractivity contribution >= 4 is 11.9 Å². The minimum atomic E-state index is -1.03. The molecule has 1 aliphatic rings. The number of carboxylic acid groups (broad SMARTS) is 1. The average Bonchev–Trinajstić information content (AvgIpc) is 2.82. The Bertz CT molecular complexity index is 693. The van der Waals surface area contributed by atoms with Crippen molar-refractivity contribution in [3.05, 3.63) is 59.7 Å². The lowest BCUT2D eigenvalue weighted by molar-refractivity contribution is -0.141. The van der Waals surface area contributed by atoms with Gasteiger partial charge in [-0.05, 0) is 29.2 Å². The summed E-state index contributed by atoms with van der Waals surface area (Å²) in [6.07, 6.45) is 0.256. The topological polar surface area (TPSA) is 66.4 Å². The lowest BCUT2D eigenvalue weighted by Gasteiger charge is -2.15. The van der Waals surface area contributed by atoms with E-state index in [1.165, 1.54) is 6.92 Å². The van der Waals surface area contributed by atoms with Crippen molar-refractivity contribution in [1.82, 2.24) is 5.32 Å². The van der Waals surface area contributed by atoms with Crippen LogP contribution in [0.1, 0.15) is 30.4 Å². The molecule has 0 unspecified atom stereocenters. The first-order chi connectivity index (χ1) is 10.6. The number of carbonyl (C=O) groups excluding carboxylic acids is 1. The van der Waals surface area contributed by atoms with E-state index in [0.29, 0.717) is 0 Å². The number of fused-ring (bicyclic) bond motifs is 3. The fourth-order valence-electron chi connectivity index (χ4n) is 3.03. The zero-order valence-corrected chi connectivity index (χ0v) is 12.2. The summed E-state index contributed by atoms with van der Waals surface area (Å²) in [6, 6.07) is 15.2. The highest BCUT2D eigenvalue weighted by Crippen LogP contribution is 2.45. The van der Waals surface area contributed by atoms with E-state index >= 15 is 0 Å². The highest BCUT2D eigenvalue weighted by molar-refractivity contribution is 5.86. The molecule has 0 bridgehead atoms. The number of hydrogen-bond donors (Lipinski definition) is 2. The predicted octanol–water partition coefficient (Wildman–Crippen LogP) is 2.78. The molecular formula is C18H17NO3. The Morgan fingerprint density at radius 3 is 2.05 bits per heavy atom. The third-order valence-corrected chi connectivity index (χ3v) is 4.10. The van der Waals surface area contributed by atoms with Crippen molar-refractivity contribution in [1.29, 1.82) is 0 Å². The van der Waals surface area contributed by atoms with E-state index in [0.717, 1.165) is 22.3 Å². The van der Waals surface area contributed by atoms with Crippen molar-refractivity contribution in [2.75, 3.05) is 0 Å². The van der Waals surface area contributed by atoms with Crippen molar-refractivity contribution in [2.24, 2.45) is 0 Å². The second-order valence-electron chi connectivity index (χ2n) is 5.56. The van der Waals surface area contributed by atoms with Crippen LogP contribution in [0.2, 0.25) is 0 Å².